The molecule has 0 aromatic heterocycles. The van der Waals surface area contributed by atoms with E-state index in [9.17, 15) is 0 Å². The van der Waals surface area contributed by atoms with E-state index in [4.69, 9.17) is 15.3 Å². The Hall–Kier alpha value is 0.497. The Morgan fingerprint density at radius 2 is 1.14 bits per heavy atom. The summed E-state index contributed by atoms with van der Waals surface area (Å²) in [5.41, 5.74) is 0. The van der Waals surface area contributed by atoms with Crippen LogP contribution in [0.15, 0.2) is 0 Å². The summed E-state index contributed by atoms with van der Waals surface area (Å²) in [7, 11) is 0. The van der Waals surface area contributed by atoms with Crippen LogP contribution in [0.5, 0.6) is 0 Å². The molecule has 0 saturated carbocycles. The second-order valence-corrected chi connectivity index (χ2v) is 0.224. The summed E-state index contributed by atoms with van der Waals surface area (Å²) < 4.78 is 0. The molecule has 0 aliphatic rings. The summed E-state index contributed by atoms with van der Waals surface area (Å²) in [6.07, 6.45) is 0. The van der Waals surface area contributed by atoms with Crippen LogP contribution in [0.1, 0.15) is 0 Å². The van der Waals surface area contributed by atoms with Gasteiger partial charge in [-0.25, -0.2) is 0 Å². The van der Waals surface area contributed by atoms with E-state index in [1.165, 1.54) is 0 Å². The maximum absolute atomic E-state index is 8.25. The fraction of sp³-hybridized carbons (Fsp3) is 0. The van der Waals surface area contributed by atoms with Gasteiger partial charge >= 0.3 is 41.7 Å². The molecule has 0 atom stereocenters. The summed E-state index contributed by atoms with van der Waals surface area (Å²) in [4.78, 5) is 8.25. The minimum atomic E-state index is -1.75. The van der Waals surface area contributed by atoms with Gasteiger partial charge in [-0.3, -0.25) is 0 Å². The van der Waals surface area contributed by atoms with Gasteiger partial charge in [0.05, 0.1) is 5.09 Å². The van der Waals surface area contributed by atoms with Gasteiger partial charge in [0.15, 0.2) is 0 Å². The van der Waals surface area contributed by atoms with Gasteiger partial charge in [0, 0.05) is 0 Å². The van der Waals surface area contributed by atoms with E-state index in [2.05, 4.69) is 0 Å². The molecule has 0 aromatic rings. The molecule has 8 N–H and O–H groups in total. The topological polar surface area (TPSA) is 139 Å². The van der Waals surface area contributed by atoms with Crippen LogP contribution >= 0.6 is 0 Å². The molecule has 7 heavy (non-hydrogen) atoms. The average molecular weight is 238 g/mol. The predicted molar refractivity (Wildman–Crippen MR) is 22.3 cm³/mol. The molecule has 0 spiro atoms. The number of rotatable bonds is 0. The van der Waals surface area contributed by atoms with Gasteiger partial charge in [0.2, 0.25) is 0 Å². The average Bonchev–Trinajstić information content (AvgIpc) is 0.811. The Labute approximate surface area is 73.9 Å². The third-order valence-corrected chi connectivity index (χ3v) is 0. The molecule has 0 rings (SSSR count). The van der Waals surface area contributed by atoms with Crippen molar-refractivity contribution in [3.05, 3.63) is 15.3 Å². The van der Waals surface area contributed by atoms with Gasteiger partial charge in [0.1, 0.15) is 0 Å². The van der Waals surface area contributed by atoms with E-state index in [-0.39, 0.29) is 54.0 Å². The van der Waals surface area contributed by atoms with Crippen LogP contribution in [0.2, 0.25) is 0 Å². The Morgan fingerprint density at radius 3 is 1.14 bits per heavy atom. The zero-order valence-electron chi connectivity index (χ0n) is 4.17. The molecule has 0 fully saturated rings. The van der Waals surface area contributed by atoms with Gasteiger partial charge in [-0.1, -0.05) is 0 Å². The minimum Gasteiger partial charge on any atom is -0.369 e. The van der Waals surface area contributed by atoms with E-state index in [1.807, 2.05) is 0 Å². The van der Waals surface area contributed by atoms with Crippen LogP contribution < -0.4 is 12.3 Å². The Kier molecular flexibility index (Phi) is 59.4. The summed E-state index contributed by atoms with van der Waals surface area (Å²) in [5, 5.41) is 14.8. The Balaban J connectivity index is -0.0000000150. The van der Waals surface area contributed by atoms with Crippen molar-refractivity contribution < 1.29 is 46.8 Å². The smallest absolute Gasteiger partial charge is 0.369 e. The molecule has 0 amide bonds. The summed E-state index contributed by atoms with van der Waals surface area (Å²) in [5.74, 6) is 0. The van der Waals surface area contributed by atoms with Crippen LogP contribution in [0.3, 0.4) is 0 Å². The molecular formula is H8CeN3O3+4. The summed E-state index contributed by atoms with van der Waals surface area (Å²) >= 11 is 0. The first-order chi connectivity index (χ1) is 1.73. The monoisotopic (exact) mass is 238 g/mol. The van der Waals surface area contributed by atoms with Crippen molar-refractivity contribution in [1.82, 2.24) is 12.3 Å². The third-order valence-electron chi connectivity index (χ3n) is 0. The molecule has 6 nitrogen and oxygen atoms in total. The zero-order chi connectivity index (χ0) is 3.58. The van der Waals surface area contributed by atoms with E-state index in [0.717, 1.165) is 0 Å². The van der Waals surface area contributed by atoms with E-state index in [0.29, 0.717) is 0 Å². The zero-order valence-corrected chi connectivity index (χ0v) is 7.31. The molecule has 0 bridgehead atoms. The van der Waals surface area contributed by atoms with Gasteiger partial charge in [-0.2, -0.15) is 0 Å². The standard InChI is InChI=1S/Ce.NO3.2H3N/c;2-1(3)4;;/h;;2*1H3/q+3;-1;;/p+2. The van der Waals surface area contributed by atoms with Gasteiger partial charge < -0.3 is 27.6 Å². The summed E-state index contributed by atoms with van der Waals surface area (Å²) in [6, 6.07) is 0. The van der Waals surface area contributed by atoms with Crippen molar-refractivity contribution in [2.24, 2.45) is 0 Å². The second kappa shape index (κ2) is 16.1. The van der Waals surface area contributed by atoms with Crippen LogP contribution in [0.4, 0.5) is 0 Å². The summed E-state index contributed by atoms with van der Waals surface area (Å²) in [6.45, 7) is 0. The molecule has 0 aliphatic heterocycles. The third kappa shape index (κ3) is 533. The molecule has 7 heteroatoms. The van der Waals surface area contributed by atoms with Crippen LogP contribution in [-0.4, -0.2) is 5.09 Å². The molecule has 0 heterocycles. The largest absolute Gasteiger partial charge is 3.00 e. The van der Waals surface area contributed by atoms with Crippen LogP contribution in [-0.2, 0) is 0 Å². The predicted octanol–water partition coefficient (Wildman–Crippen LogP) is 0.513. The number of quaternary nitrogens is 2. The first-order valence-corrected chi connectivity index (χ1v) is 0.548. The number of hydrogen-bond donors (Lipinski definition) is 2. The molecule has 0 aliphatic carbocycles. The van der Waals surface area contributed by atoms with Crippen LogP contribution in [0, 0.1) is 57.1 Å². The van der Waals surface area contributed by atoms with Crippen molar-refractivity contribution in [2.75, 3.05) is 0 Å². The Bertz CT molecular complexity index is 33.2. The number of hydrogen-bond acceptors (Lipinski definition) is 3. The van der Waals surface area contributed by atoms with Crippen molar-refractivity contribution in [2.45, 2.75) is 0 Å². The second-order valence-electron chi connectivity index (χ2n) is 0.224. The molecule has 41 valence electrons. The van der Waals surface area contributed by atoms with Gasteiger partial charge in [-0.15, -0.1) is 0 Å². The maximum atomic E-state index is 8.25. The van der Waals surface area contributed by atoms with Crippen molar-refractivity contribution in [3.63, 3.8) is 0 Å². The quantitative estimate of drug-likeness (QED) is 0.469. The molecule has 0 aromatic carbocycles. The normalized spacial score (nSPS) is 3.43. The minimum absolute atomic E-state index is 0. The number of nitrogens with zero attached hydrogens (tertiary/aromatic N) is 1. The molecular weight excluding hydrogens is 230 g/mol. The molecule has 1 radical (unpaired) electrons. The fourth-order valence-electron chi connectivity index (χ4n) is 0. The maximum Gasteiger partial charge on any atom is 3.00 e. The van der Waals surface area contributed by atoms with Crippen molar-refractivity contribution >= 4 is 0 Å². The van der Waals surface area contributed by atoms with E-state index >= 15 is 0 Å². The fourth-order valence-corrected chi connectivity index (χ4v) is 0. The first kappa shape index (κ1) is 25.9. The van der Waals surface area contributed by atoms with E-state index < -0.39 is 5.09 Å². The molecule has 0 saturated heterocycles. The van der Waals surface area contributed by atoms with Crippen molar-refractivity contribution in [3.8, 4) is 0 Å². The van der Waals surface area contributed by atoms with Gasteiger partial charge in [0.25, 0.3) is 0 Å². The van der Waals surface area contributed by atoms with Crippen molar-refractivity contribution in [1.29, 1.82) is 0 Å². The van der Waals surface area contributed by atoms with Gasteiger partial charge in [-0.05, 0) is 0 Å². The van der Waals surface area contributed by atoms with Crippen LogP contribution in [0.25, 0.3) is 0 Å². The first-order valence-electron chi connectivity index (χ1n) is 0.548. The molecule has 0 unspecified atom stereocenters. The Morgan fingerprint density at radius 1 is 1.14 bits per heavy atom. The van der Waals surface area contributed by atoms with E-state index in [1.54, 1.807) is 0 Å². The SMILES string of the molecule is O=[N+]([O-])[O-].[Ce+3].[NH4+].[NH4+].